The molecule has 0 radical (unpaired) electrons. The summed E-state index contributed by atoms with van der Waals surface area (Å²) in [5, 5.41) is 27.4. The topological polar surface area (TPSA) is 121 Å². The van der Waals surface area contributed by atoms with Crippen molar-refractivity contribution in [3.8, 4) is 0 Å². The molecule has 104 valence electrons. The Balaban J connectivity index is 0. The zero-order valence-corrected chi connectivity index (χ0v) is 12.0. The molecule has 3 unspecified atom stereocenters. The van der Waals surface area contributed by atoms with Crippen LogP contribution >= 0.6 is 0 Å². The second-order valence-corrected chi connectivity index (χ2v) is 4.93. The van der Waals surface area contributed by atoms with Gasteiger partial charge in [0, 0.05) is 19.6 Å². The molecule has 7 nitrogen and oxygen atoms in total. The van der Waals surface area contributed by atoms with Crippen LogP contribution in [0.2, 0.25) is 0 Å². The molecule has 0 aliphatic carbocycles. The van der Waals surface area contributed by atoms with Gasteiger partial charge in [-0.25, -0.2) is 0 Å². The van der Waals surface area contributed by atoms with Gasteiger partial charge in [0.15, 0.2) is 0 Å². The van der Waals surface area contributed by atoms with Crippen LogP contribution < -0.4 is 0 Å². The number of hydrogen-bond acceptors (Lipinski definition) is 5. The minimum absolute atomic E-state index is 0.433. The third kappa shape index (κ3) is 22.0. The molecule has 0 aromatic heterocycles. The number of aliphatic hydroxyl groups excluding tert-OH is 3. The van der Waals surface area contributed by atoms with Crippen LogP contribution in [0.5, 0.6) is 0 Å². The van der Waals surface area contributed by atoms with E-state index in [1.807, 2.05) is 4.90 Å². The predicted octanol–water partition coefficient (Wildman–Crippen LogP) is -1.80. The van der Waals surface area contributed by atoms with Crippen molar-refractivity contribution >= 4 is 0 Å². The van der Waals surface area contributed by atoms with Gasteiger partial charge in [0.05, 0.1) is 18.3 Å². The predicted molar refractivity (Wildman–Crippen MR) is 56.6 cm³/mol. The Hall–Kier alpha value is 0.274. The molecule has 0 spiro atoms. The van der Waals surface area contributed by atoms with E-state index in [0.29, 0.717) is 19.6 Å². The molecule has 0 bridgehead atoms. The third-order valence-corrected chi connectivity index (χ3v) is 1.57. The van der Waals surface area contributed by atoms with Gasteiger partial charge in [0.25, 0.3) is 0 Å². The van der Waals surface area contributed by atoms with Gasteiger partial charge in [0.2, 0.25) is 0 Å². The molecule has 0 fully saturated rings. The Kier molecular flexibility index (Phi) is 13.1. The van der Waals surface area contributed by atoms with Crippen molar-refractivity contribution in [2.75, 3.05) is 19.6 Å². The molecular weight excluding hydrogens is 266 g/mol. The van der Waals surface area contributed by atoms with Crippen LogP contribution in [0.15, 0.2) is 0 Å². The van der Waals surface area contributed by atoms with Gasteiger partial charge in [-0.1, -0.05) is 0 Å². The van der Waals surface area contributed by atoms with Crippen LogP contribution in [0, 0.1) is 0 Å². The SMILES string of the molecule is CC(O)CN(CC(C)O)CC(C)O.[O]=[Ti]([OH])[OH]. The van der Waals surface area contributed by atoms with Crippen molar-refractivity contribution in [3.63, 3.8) is 0 Å². The Morgan fingerprint density at radius 1 is 0.882 bits per heavy atom. The zero-order valence-electron chi connectivity index (χ0n) is 10.4. The van der Waals surface area contributed by atoms with E-state index in [0.717, 1.165) is 0 Å². The molecule has 0 saturated heterocycles. The maximum absolute atomic E-state index is 9.14. The van der Waals surface area contributed by atoms with Crippen LogP contribution in [0.25, 0.3) is 0 Å². The number of nitrogens with zero attached hydrogens (tertiary/aromatic N) is 1. The van der Waals surface area contributed by atoms with E-state index in [-0.39, 0.29) is 0 Å². The fourth-order valence-corrected chi connectivity index (χ4v) is 1.34. The quantitative estimate of drug-likeness (QED) is 0.366. The summed E-state index contributed by atoms with van der Waals surface area (Å²) in [5.41, 5.74) is 0. The van der Waals surface area contributed by atoms with Crippen molar-refractivity contribution in [3.05, 3.63) is 0 Å². The van der Waals surface area contributed by atoms with E-state index in [9.17, 15) is 0 Å². The summed E-state index contributed by atoms with van der Waals surface area (Å²) in [5.74, 6) is 0. The minimum atomic E-state index is -3.58. The number of rotatable bonds is 6. The van der Waals surface area contributed by atoms with Gasteiger partial charge in [-0.15, -0.1) is 0 Å². The first-order valence-corrected chi connectivity index (χ1v) is 7.37. The van der Waals surface area contributed by atoms with E-state index in [4.69, 9.17) is 26.0 Å². The van der Waals surface area contributed by atoms with E-state index in [1.165, 1.54) is 0 Å². The Labute approximate surface area is 108 Å². The molecule has 0 aliphatic heterocycles. The summed E-state index contributed by atoms with van der Waals surface area (Å²) in [6.07, 6.45) is -1.30. The summed E-state index contributed by atoms with van der Waals surface area (Å²) in [7, 11) is 0. The van der Waals surface area contributed by atoms with E-state index < -0.39 is 36.9 Å². The van der Waals surface area contributed by atoms with Crippen molar-refractivity contribution in [2.45, 2.75) is 39.1 Å². The molecule has 0 rings (SSSR count). The number of aliphatic hydroxyl groups is 3. The normalized spacial score (nSPS) is 15.8. The molecule has 0 saturated carbocycles. The summed E-state index contributed by atoms with van der Waals surface area (Å²) in [6, 6.07) is 0. The summed E-state index contributed by atoms with van der Waals surface area (Å²) in [6.45, 7) is 6.52. The molecule has 5 N–H and O–H groups in total. The third-order valence-electron chi connectivity index (χ3n) is 1.57. The molecule has 17 heavy (non-hydrogen) atoms. The van der Waals surface area contributed by atoms with Gasteiger partial charge >= 0.3 is 29.3 Å². The van der Waals surface area contributed by atoms with E-state index in [1.54, 1.807) is 20.8 Å². The Morgan fingerprint density at radius 3 is 1.18 bits per heavy atom. The standard InChI is InChI=1S/C9H21NO3.2H2O.O.Ti/c1-7(11)4-10(5-8(2)12)6-9(3)13;;;;/h7-9,11-13H,4-6H2,1-3H3;2*1H2;;/q;;;;+2/p-2. The monoisotopic (exact) mass is 289 g/mol. The van der Waals surface area contributed by atoms with Gasteiger partial charge in [-0.3, -0.25) is 4.90 Å². The van der Waals surface area contributed by atoms with Crippen molar-refractivity contribution in [1.29, 1.82) is 0 Å². The molecule has 0 aromatic carbocycles. The molecule has 8 heteroatoms. The fraction of sp³-hybridized carbons (Fsp3) is 1.00. The number of hydrogen-bond donors (Lipinski definition) is 5. The van der Waals surface area contributed by atoms with Crippen molar-refractivity contribution in [2.24, 2.45) is 0 Å². The first-order chi connectivity index (χ1) is 7.65. The maximum atomic E-state index is 9.14. The summed E-state index contributed by atoms with van der Waals surface area (Å²) < 4.78 is 23.2. The fourth-order valence-electron chi connectivity index (χ4n) is 1.34. The summed E-state index contributed by atoms with van der Waals surface area (Å²) >= 11 is -3.58. The van der Waals surface area contributed by atoms with E-state index in [2.05, 4.69) is 0 Å². The first kappa shape index (κ1) is 19.6. The molecule has 0 heterocycles. The van der Waals surface area contributed by atoms with Crippen molar-refractivity contribution < 1.29 is 44.6 Å². The van der Waals surface area contributed by atoms with Crippen LogP contribution in [-0.4, -0.2) is 65.5 Å². The Morgan fingerprint density at radius 2 is 1.06 bits per heavy atom. The second-order valence-electron chi connectivity index (χ2n) is 4.05. The van der Waals surface area contributed by atoms with Crippen LogP contribution in [0.4, 0.5) is 0 Å². The zero-order chi connectivity index (χ0) is 14.0. The van der Waals surface area contributed by atoms with Crippen LogP contribution in [0.1, 0.15) is 20.8 Å². The van der Waals surface area contributed by atoms with Crippen LogP contribution in [0.3, 0.4) is 0 Å². The average Bonchev–Trinajstić information content (AvgIpc) is 1.96. The molecule has 3 atom stereocenters. The van der Waals surface area contributed by atoms with Crippen LogP contribution in [-0.2, 0) is 21.9 Å². The van der Waals surface area contributed by atoms with Gasteiger partial charge < -0.3 is 15.3 Å². The Bertz CT molecular complexity index is 172. The van der Waals surface area contributed by atoms with Crippen molar-refractivity contribution in [1.82, 2.24) is 4.90 Å². The van der Waals surface area contributed by atoms with Gasteiger partial charge in [-0.2, -0.15) is 0 Å². The molecule has 0 aliphatic rings. The first-order valence-electron chi connectivity index (χ1n) is 5.33. The molecule has 0 amide bonds. The molecular formula is C9H23NO6Ti. The van der Waals surface area contributed by atoms with Gasteiger partial charge in [-0.05, 0) is 20.8 Å². The summed E-state index contributed by atoms with van der Waals surface area (Å²) in [4.78, 5) is 1.85. The van der Waals surface area contributed by atoms with E-state index >= 15 is 0 Å². The van der Waals surface area contributed by atoms with Gasteiger partial charge in [0.1, 0.15) is 0 Å². The second kappa shape index (κ2) is 11.4. The average molecular weight is 289 g/mol. The molecule has 0 aromatic rings.